The molecular formula is C21H29N5O5S. The van der Waals surface area contributed by atoms with Gasteiger partial charge in [-0.15, -0.1) is 10.2 Å². The van der Waals surface area contributed by atoms with Gasteiger partial charge in [0, 0.05) is 51.0 Å². The molecule has 0 bridgehead atoms. The van der Waals surface area contributed by atoms with Crippen LogP contribution in [0.1, 0.15) is 43.3 Å². The summed E-state index contributed by atoms with van der Waals surface area (Å²) in [5, 5.41) is 8.66. The van der Waals surface area contributed by atoms with Crippen LogP contribution in [0.2, 0.25) is 0 Å². The molecular weight excluding hydrogens is 434 g/mol. The second kappa shape index (κ2) is 9.45. The van der Waals surface area contributed by atoms with Crippen molar-refractivity contribution in [2.24, 2.45) is 0 Å². The van der Waals surface area contributed by atoms with E-state index in [2.05, 4.69) is 19.5 Å². The number of carbonyl (C=O) groups is 1. The second-order valence-electron chi connectivity index (χ2n) is 8.07. The van der Waals surface area contributed by atoms with Crippen molar-refractivity contribution in [1.29, 1.82) is 0 Å². The van der Waals surface area contributed by atoms with Crippen LogP contribution < -0.4 is 14.2 Å². The average Bonchev–Trinajstić information content (AvgIpc) is 3.42. The number of sulfonamides is 1. The molecule has 0 aliphatic carbocycles. The monoisotopic (exact) mass is 463 g/mol. The molecule has 1 aromatic carbocycles. The lowest BCUT2D eigenvalue weighted by Gasteiger charge is -2.32. The number of carbonyl (C=O) groups excluding carboxylic acids is 1. The number of aryl methyl sites for hydroxylation is 1. The number of nitrogens with zero attached hydrogens (tertiary/aromatic N) is 4. The number of nitrogens with one attached hydrogen (secondary N) is 1. The SMILES string of the molecule is COc1ccc(S(=O)(=O)NCCC(=O)N2CCCC(c3nnc4n3CCC4)C2)cc1OC. The van der Waals surface area contributed by atoms with Gasteiger partial charge in [-0.3, -0.25) is 4.79 Å². The van der Waals surface area contributed by atoms with Crippen molar-refractivity contribution in [2.45, 2.75) is 49.5 Å². The van der Waals surface area contributed by atoms with Crippen molar-refractivity contribution in [2.75, 3.05) is 33.9 Å². The summed E-state index contributed by atoms with van der Waals surface area (Å²) in [6, 6.07) is 4.38. The second-order valence-corrected chi connectivity index (χ2v) is 9.84. The minimum atomic E-state index is -3.78. The molecule has 4 rings (SSSR count). The molecule has 1 N–H and O–H groups in total. The predicted octanol–water partition coefficient (Wildman–Crippen LogP) is 1.32. The summed E-state index contributed by atoms with van der Waals surface area (Å²) in [5.41, 5.74) is 0. The maximum absolute atomic E-state index is 12.8. The van der Waals surface area contributed by atoms with Gasteiger partial charge in [0.15, 0.2) is 11.5 Å². The van der Waals surface area contributed by atoms with Gasteiger partial charge in [-0.2, -0.15) is 0 Å². The van der Waals surface area contributed by atoms with E-state index in [9.17, 15) is 13.2 Å². The number of methoxy groups -OCH3 is 2. The zero-order valence-electron chi connectivity index (χ0n) is 18.4. The lowest BCUT2D eigenvalue weighted by molar-refractivity contribution is -0.132. The maximum atomic E-state index is 12.8. The standard InChI is InChI=1S/C21H29N5O5S/c1-30-17-8-7-16(13-18(17)31-2)32(28,29)22-10-9-20(27)25-11-3-5-15(14-25)21-24-23-19-6-4-12-26(19)21/h7-8,13,15,22H,3-6,9-12,14H2,1-2H3. The van der Waals surface area contributed by atoms with Crippen LogP contribution in [0.3, 0.4) is 0 Å². The molecule has 1 atom stereocenters. The van der Waals surface area contributed by atoms with Gasteiger partial charge in [-0.05, 0) is 31.4 Å². The van der Waals surface area contributed by atoms with Crippen LogP contribution in [-0.2, 0) is 27.8 Å². The van der Waals surface area contributed by atoms with E-state index in [0.717, 1.165) is 43.9 Å². The molecule has 1 aromatic heterocycles. The third kappa shape index (κ3) is 4.58. The minimum absolute atomic E-state index is 0.0248. The first-order valence-electron chi connectivity index (χ1n) is 10.8. The zero-order valence-corrected chi connectivity index (χ0v) is 19.2. The molecule has 174 valence electrons. The van der Waals surface area contributed by atoms with Crippen LogP contribution in [0.5, 0.6) is 11.5 Å². The number of amides is 1. The first kappa shape index (κ1) is 22.5. The Bertz CT molecular complexity index is 1080. The van der Waals surface area contributed by atoms with Crippen molar-refractivity contribution in [1.82, 2.24) is 24.4 Å². The molecule has 10 nitrogen and oxygen atoms in total. The highest BCUT2D eigenvalue weighted by Crippen LogP contribution is 2.30. The smallest absolute Gasteiger partial charge is 0.240 e. The highest BCUT2D eigenvalue weighted by Gasteiger charge is 2.30. The third-order valence-electron chi connectivity index (χ3n) is 6.07. The van der Waals surface area contributed by atoms with E-state index in [-0.39, 0.29) is 29.7 Å². The fourth-order valence-electron chi connectivity index (χ4n) is 4.41. The van der Waals surface area contributed by atoms with Crippen LogP contribution in [0.4, 0.5) is 0 Å². The summed E-state index contributed by atoms with van der Waals surface area (Å²) in [7, 11) is -0.847. The average molecular weight is 464 g/mol. The number of piperidine rings is 1. The lowest BCUT2D eigenvalue weighted by atomic mass is 9.97. The first-order valence-corrected chi connectivity index (χ1v) is 12.3. The van der Waals surface area contributed by atoms with Gasteiger partial charge in [0.1, 0.15) is 11.6 Å². The summed E-state index contributed by atoms with van der Waals surface area (Å²) < 4.78 is 40.3. The Balaban J connectivity index is 1.33. The minimum Gasteiger partial charge on any atom is -0.493 e. The van der Waals surface area contributed by atoms with Crippen molar-refractivity contribution in [3.05, 3.63) is 29.8 Å². The molecule has 1 saturated heterocycles. The van der Waals surface area contributed by atoms with E-state index in [4.69, 9.17) is 9.47 Å². The Morgan fingerprint density at radius 1 is 1.16 bits per heavy atom. The fraction of sp³-hybridized carbons (Fsp3) is 0.571. The van der Waals surface area contributed by atoms with Gasteiger partial charge in [0.25, 0.3) is 0 Å². The Kier molecular flexibility index (Phi) is 6.66. The van der Waals surface area contributed by atoms with Crippen molar-refractivity contribution < 1.29 is 22.7 Å². The summed E-state index contributed by atoms with van der Waals surface area (Å²) in [6.45, 7) is 2.25. The zero-order chi connectivity index (χ0) is 22.7. The van der Waals surface area contributed by atoms with Crippen molar-refractivity contribution in [3.8, 4) is 11.5 Å². The molecule has 2 aliphatic heterocycles. The molecule has 0 radical (unpaired) electrons. The fourth-order valence-corrected chi connectivity index (χ4v) is 5.45. The van der Waals surface area contributed by atoms with E-state index in [0.29, 0.717) is 24.6 Å². The number of fused-ring (bicyclic) bond motifs is 1. The Morgan fingerprint density at radius 2 is 1.97 bits per heavy atom. The number of rotatable bonds is 8. The molecule has 32 heavy (non-hydrogen) atoms. The van der Waals surface area contributed by atoms with E-state index in [1.807, 2.05) is 4.90 Å². The van der Waals surface area contributed by atoms with Gasteiger partial charge >= 0.3 is 0 Å². The Hall–Kier alpha value is -2.66. The van der Waals surface area contributed by atoms with Crippen LogP contribution in [0.25, 0.3) is 0 Å². The molecule has 2 aliphatic rings. The molecule has 0 saturated carbocycles. The number of benzene rings is 1. The highest BCUT2D eigenvalue weighted by atomic mass is 32.2. The van der Waals surface area contributed by atoms with Gasteiger partial charge in [0.05, 0.1) is 19.1 Å². The molecule has 1 fully saturated rings. The van der Waals surface area contributed by atoms with Gasteiger partial charge < -0.3 is 18.9 Å². The molecule has 1 amide bonds. The maximum Gasteiger partial charge on any atom is 0.240 e. The summed E-state index contributed by atoms with van der Waals surface area (Å²) >= 11 is 0. The van der Waals surface area contributed by atoms with Crippen LogP contribution >= 0.6 is 0 Å². The number of aromatic nitrogens is 3. The lowest BCUT2D eigenvalue weighted by Crippen LogP contribution is -2.41. The van der Waals surface area contributed by atoms with E-state index < -0.39 is 10.0 Å². The van der Waals surface area contributed by atoms with Crippen LogP contribution in [0.15, 0.2) is 23.1 Å². The number of likely N-dealkylation sites (tertiary alicyclic amines) is 1. The van der Waals surface area contributed by atoms with Crippen molar-refractivity contribution >= 4 is 15.9 Å². The summed E-state index contributed by atoms with van der Waals surface area (Å²) in [6.07, 6.45) is 4.02. The summed E-state index contributed by atoms with van der Waals surface area (Å²) in [5.74, 6) is 2.89. The number of hydrogen-bond donors (Lipinski definition) is 1. The Labute approximate surface area is 188 Å². The summed E-state index contributed by atoms with van der Waals surface area (Å²) in [4.78, 5) is 14.6. The predicted molar refractivity (Wildman–Crippen MR) is 116 cm³/mol. The molecule has 0 spiro atoms. The molecule has 2 aromatic rings. The van der Waals surface area contributed by atoms with Gasteiger partial charge in [-0.1, -0.05) is 0 Å². The van der Waals surface area contributed by atoms with Gasteiger partial charge in [0.2, 0.25) is 15.9 Å². The number of ether oxygens (including phenoxy) is 2. The molecule has 3 heterocycles. The Morgan fingerprint density at radius 3 is 2.75 bits per heavy atom. The van der Waals surface area contributed by atoms with E-state index in [1.54, 1.807) is 0 Å². The molecule has 11 heteroatoms. The van der Waals surface area contributed by atoms with E-state index in [1.165, 1.54) is 32.4 Å². The first-order chi connectivity index (χ1) is 15.4. The largest absolute Gasteiger partial charge is 0.493 e. The number of hydrogen-bond acceptors (Lipinski definition) is 7. The normalized spacial score (nSPS) is 18.4. The topological polar surface area (TPSA) is 116 Å². The quantitative estimate of drug-likeness (QED) is 0.628. The molecule has 1 unspecified atom stereocenters. The van der Waals surface area contributed by atoms with Crippen LogP contribution in [-0.4, -0.2) is 67.8 Å². The van der Waals surface area contributed by atoms with Crippen LogP contribution in [0, 0.1) is 0 Å². The highest BCUT2D eigenvalue weighted by molar-refractivity contribution is 7.89. The van der Waals surface area contributed by atoms with Gasteiger partial charge in [-0.25, -0.2) is 13.1 Å². The van der Waals surface area contributed by atoms with Crippen molar-refractivity contribution in [3.63, 3.8) is 0 Å². The third-order valence-corrected chi connectivity index (χ3v) is 7.53. The van der Waals surface area contributed by atoms with E-state index >= 15 is 0 Å².